The molecule has 2 aromatic rings. The third-order valence-electron chi connectivity index (χ3n) is 3.81. The maximum absolute atomic E-state index is 12.4. The Hall–Kier alpha value is -3.02. The van der Waals surface area contributed by atoms with Crippen LogP contribution < -0.4 is 20.1 Å². The van der Waals surface area contributed by atoms with Crippen LogP contribution >= 0.6 is 0 Å². The van der Waals surface area contributed by atoms with Crippen molar-refractivity contribution in [1.82, 2.24) is 0 Å². The lowest BCUT2D eigenvalue weighted by Crippen LogP contribution is -2.45. The van der Waals surface area contributed by atoms with E-state index >= 15 is 0 Å². The van der Waals surface area contributed by atoms with Gasteiger partial charge in [0.25, 0.3) is 11.8 Å². The van der Waals surface area contributed by atoms with Crippen molar-refractivity contribution in [1.29, 1.82) is 0 Å². The number of hydrogen-bond acceptors (Lipinski definition) is 4. The number of ether oxygens (including phenoxy) is 2. The number of benzene rings is 2. The van der Waals surface area contributed by atoms with Crippen molar-refractivity contribution in [2.24, 2.45) is 0 Å². The van der Waals surface area contributed by atoms with Crippen LogP contribution in [0.1, 0.15) is 31.1 Å². The first-order valence-electron chi connectivity index (χ1n) is 8.08. The van der Waals surface area contributed by atoms with E-state index in [0.717, 1.165) is 0 Å². The SMILES string of the molecule is CCOc1cccc(C(=O)Nc2ccc3c(c2)OC(C)(C)C(=O)N3)c1. The number of fused-ring (bicyclic) bond motifs is 1. The van der Waals surface area contributed by atoms with E-state index in [1.54, 1.807) is 56.3 Å². The molecule has 1 heterocycles. The topological polar surface area (TPSA) is 76.7 Å². The molecule has 0 aliphatic carbocycles. The molecule has 3 rings (SSSR count). The predicted molar refractivity (Wildman–Crippen MR) is 95.3 cm³/mol. The summed E-state index contributed by atoms with van der Waals surface area (Å²) in [4.78, 5) is 24.3. The fourth-order valence-electron chi connectivity index (χ4n) is 2.48. The molecule has 2 N–H and O–H groups in total. The van der Waals surface area contributed by atoms with Crippen molar-refractivity contribution in [2.45, 2.75) is 26.4 Å². The maximum atomic E-state index is 12.4. The van der Waals surface area contributed by atoms with E-state index in [9.17, 15) is 9.59 Å². The van der Waals surface area contributed by atoms with Gasteiger partial charge in [-0.2, -0.15) is 0 Å². The van der Waals surface area contributed by atoms with Crippen LogP contribution in [0, 0.1) is 0 Å². The van der Waals surface area contributed by atoms with E-state index in [0.29, 0.717) is 35.0 Å². The standard InChI is InChI=1S/C19H20N2O4/c1-4-24-14-7-5-6-12(10-14)17(22)20-13-8-9-15-16(11-13)25-19(2,3)18(23)21-15/h5-11H,4H2,1-3H3,(H,20,22)(H,21,23). The third-order valence-corrected chi connectivity index (χ3v) is 3.81. The van der Waals surface area contributed by atoms with Crippen molar-refractivity contribution in [2.75, 3.05) is 17.2 Å². The summed E-state index contributed by atoms with van der Waals surface area (Å²) in [5.41, 5.74) is 0.706. The Morgan fingerprint density at radius 2 is 2.04 bits per heavy atom. The van der Waals surface area contributed by atoms with Crippen LogP contribution in [0.25, 0.3) is 0 Å². The fraction of sp³-hybridized carbons (Fsp3) is 0.263. The van der Waals surface area contributed by atoms with E-state index in [2.05, 4.69) is 10.6 Å². The van der Waals surface area contributed by atoms with Gasteiger partial charge in [-0.1, -0.05) is 6.07 Å². The van der Waals surface area contributed by atoms with Crippen molar-refractivity contribution >= 4 is 23.2 Å². The summed E-state index contributed by atoms with van der Waals surface area (Å²) in [5.74, 6) is 0.712. The minimum Gasteiger partial charge on any atom is -0.494 e. The van der Waals surface area contributed by atoms with Gasteiger partial charge in [-0.25, -0.2) is 0 Å². The molecule has 6 heteroatoms. The molecule has 0 radical (unpaired) electrons. The zero-order valence-corrected chi connectivity index (χ0v) is 14.4. The number of carbonyl (C=O) groups is 2. The highest BCUT2D eigenvalue weighted by Crippen LogP contribution is 2.35. The first kappa shape index (κ1) is 16.8. The zero-order chi connectivity index (χ0) is 18.0. The summed E-state index contributed by atoms with van der Waals surface area (Å²) in [6, 6.07) is 12.1. The van der Waals surface area contributed by atoms with E-state index in [1.165, 1.54) is 0 Å². The molecule has 0 bridgehead atoms. The molecule has 0 aromatic heterocycles. The summed E-state index contributed by atoms with van der Waals surface area (Å²) in [7, 11) is 0. The molecule has 1 aliphatic rings. The molecule has 25 heavy (non-hydrogen) atoms. The Morgan fingerprint density at radius 3 is 2.80 bits per heavy atom. The molecule has 1 aliphatic heterocycles. The normalized spacial score (nSPS) is 14.8. The van der Waals surface area contributed by atoms with Crippen LogP contribution in [0.3, 0.4) is 0 Å². The molecule has 0 spiro atoms. The van der Waals surface area contributed by atoms with E-state index in [-0.39, 0.29) is 11.8 Å². The second-order valence-corrected chi connectivity index (χ2v) is 6.19. The molecule has 2 amide bonds. The summed E-state index contributed by atoms with van der Waals surface area (Å²) in [5, 5.41) is 5.62. The molecule has 0 unspecified atom stereocenters. The van der Waals surface area contributed by atoms with Crippen molar-refractivity contribution in [3.63, 3.8) is 0 Å². The number of carbonyl (C=O) groups excluding carboxylic acids is 2. The Bertz CT molecular complexity index is 830. The Morgan fingerprint density at radius 1 is 1.24 bits per heavy atom. The fourth-order valence-corrected chi connectivity index (χ4v) is 2.48. The smallest absolute Gasteiger partial charge is 0.268 e. The summed E-state index contributed by atoms with van der Waals surface area (Å²) >= 11 is 0. The molecular formula is C19H20N2O4. The number of anilines is 2. The molecule has 130 valence electrons. The number of nitrogens with one attached hydrogen (secondary N) is 2. The van der Waals surface area contributed by atoms with Gasteiger partial charge in [0.05, 0.1) is 12.3 Å². The lowest BCUT2D eigenvalue weighted by Gasteiger charge is -2.31. The van der Waals surface area contributed by atoms with Gasteiger partial charge < -0.3 is 20.1 Å². The van der Waals surface area contributed by atoms with E-state index in [4.69, 9.17) is 9.47 Å². The van der Waals surface area contributed by atoms with Crippen LogP contribution in [-0.2, 0) is 4.79 Å². The molecule has 0 saturated carbocycles. The van der Waals surface area contributed by atoms with Crippen molar-refractivity contribution in [3.05, 3.63) is 48.0 Å². The van der Waals surface area contributed by atoms with Crippen LogP contribution in [0.15, 0.2) is 42.5 Å². The van der Waals surface area contributed by atoms with Crippen LogP contribution in [0.5, 0.6) is 11.5 Å². The molecular weight excluding hydrogens is 320 g/mol. The molecule has 0 atom stereocenters. The second-order valence-electron chi connectivity index (χ2n) is 6.19. The number of amides is 2. The Kier molecular flexibility index (Phi) is 4.35. The minimum absolute atomic E-state index is 0.204. The quantitative estimate of drug-likeness (QED) is 0.894. The lowest BCUT2D eigenvalue weighted by molar-refractivity contribution is -0.129. The van der Waals surface area contributed by atoms with Gasteiger partial charge in [-0.05, 0) is 51.1 Å². The van der Waals surface area contributed by atoms with Gasteiger partial charge in [0.2, 0.25) is 0 Å². The highest BCUT2D eigenvalue weighted by atomic mass is 16.5. The van der Waals surface area contributed by atoms with Gasteiger partial charge in [0, 0.05) is 17.3 Å². The number of hydrogen-bond donors (Lipinski definition) is 2. The first-order chi connectivity index (χ1) is 11.9. The average Bonchev–Trinajstić information content (AvgIpc) is 2.56. The highest BCUT2D eigenvalue weighted by Gasteiger charge is 2.35. The van der Waals surface area contributed by atoms with Crippen LogP contribution in [0.4, 0.5) is 11.4 Å². The molecule has 2 aromatic carbocycles. The highest BCUT2D eigenvalue weighted by molar-refractivity contribution is 6.05. The zero-order valence-electron chi connectivity index (χ0n) is 14.4. The third kappa shape index (κ3) is 3.57. The number of rotatable bonds is 4. The molecule has 0 saturated heterocycles. The van der Waals surface area contributed by atoms with Crippen molar-refractivity contribution < 1.29 is 19.1 Å². The monoisotopic (exact) mass is 340 g/mol. The van der Waals surface area contributed by atoms with Gasteiger partial charge in [0.15, 0.2) is 5.60 Å². The largest absolute Gasteiger partial charge is 0.494 e. The van der Waals surface area contributed by atoms with Gasteiger partial charge in [-0.15, -0.1) is 0 Å². The van der Waals surface area contributed by atoms with Gasteiger partial charge >= 0.3 is 0 Å². The summed E-state index contributed by atoms with van der Waals surface area (Å²) in [6.07, 6.45) is 0. The van der Waals surface area contributed by atoms with Gasteiger partial charge in [0.1, 0.15) is 11.5 Å². The first-order valence-corrected chi connectivity index (χ1v) is 8.08. The predicted octanol–water partition coefficient (Wildman–Crippen LogP) is 3.45. The van der Waals surface area contributed by atoms with E-state index in [1.807, 2.05) is 6.92 Å². The van der Waals surface area contributed by atoms with Crippen molar-refractivity contribution in [3.8, 4) is 11.5 Å². The molecule has 6 nitrogen and oxygen atoms in total. The van der Waals surface area contributed by atoms with Crippen LogP contribution in [0.2, 0.25) is 0 Å². The summed E-state index contributed by atoms with van der Waals surface area (Å²) in [6.45, 7) is 5.81. The second kappa shape index (κ2) is 6.47. The molecule has 0 fully saturated rings. The summed E-state index contributed by atoms with van der Waals surface area (Å²) < 4.78 is 11.1. The van der Waals surface area contributed by atoms with Crippen LogP contribution in [-0.4, -0.2) is 24.0 Å². The average molecular weight is 340 g/mol. The lowest BCUT2D eigenvalue weighted by atomic mass is 10.1. The van der Waals surface area contributed by atoms with E-state index < -0.39 is 5.60 Å². The van der Waals surface area contributed by atoms with Gasteiger partial charge in [-0.3, -0.25) is 9.59 Å². The minimum atomic E-state index is -0.957. The Labute approximate surface area is 146 Å². The Balaban J connectivity index is 1.79. The maximum Gasteiger partial charge on any atom is 0.268 e.